The Morgan fingerprint density at radius 3 is 2.31 bits per heavy atom. The fraction of sp³-hybridized carbons (Fsp3) is 0.214. The molecule has 0 bridgehead atoms. The van der Waals surface area contributed by atoms with Crippen molar-refractivity contribution >= 4 is 13.3 Å². The van der Waals surface area contributed by atoms with Gasteiger partial charge < -0.3 is 0 Å². The predicted octanol–water partition coefficient (Wildman–Crippen LogP) is 4.48. The molecule has 1 aromatic heterocycles. The van der Waals surface area contributed by atoms with Gasteiger partial charge in [-0.2, -0.15) is 0 Å². The number of Topliss-reactive ketones (excluding diaryl/α,β-unsaturated/α-hetero) is 1. The highest BCUT2D eigenvalue weighted by Crippen LogP contribution is 2.47. The molecule has 0 aliphatic heterocycles. The number of rotatable bonds is 2. The molecule has 0 spiro atoms. The zero-order chi connectivity index (χ0) is 11.7. The van der Waals surface area contributed by atoms with Crippen LogP contribution in [0.25, 0.3) is 5.30 Å². The number of carbonyl (C=O) groups is 1. The maximum atomic E-state index is 11.7. The van der Waals surface area contributed by atoms with Gasteiger partial charge in [-0.15, -0.1) is 0 Å². The highest BCUT2D eigenvalue weighted by Gasteiger charge is 2.15. The van der Waals surface area contributed by atoms with E-state index >= 15 is 0 Å². The van der Waals surface area contributed by atoms with E-state index in [0.717, 1.165) is 5.30 Å². The summed E-state index contributed by atoms with van der Waals surface area (Å²) in [6, 6.07) is 10.3. The highest BCUT2D eigenvalue weighted by molar-refractivity contribution is 7.58. The summed E-state index contributed by atoms with van der Waals surface area (Å²) < 4.78 is 0. The van der Waals surface area contributed by atoms with E-state index in [0.29, 0.717) is 0 Å². The first-order valence-corrected chi connectivity index (χ1v) is 6.77. The largest absolute Gasteiger partial charge is 0.294 e. The van der Waals surface area contributed by atoms with E-state index in [9.17, 15) is 4.79 Å². The molecule has 0 amide bonds. The van der Waals surface area contributed by atoms with Crippen molar-refractivity contribution in [3.63, 3.8) is 0 Å². The average Bonchev–Trinajstić information content (AvgIpc) is 2.57. The van der Waals surface area contributed by atoms with Crippen molar-refractivity contribution in [2.24, 2.45) is 0 Å². The summed E-state index contributed by atoms with van der Waals surface area (Å²) >= 11 is 0. The minimum absolute atomic E-state index is 0.209. The molecule has 0 aliphatic rings. The van der Waals surface area contributed by atoms with Crippen LogP contribution in [-0.4, -0.2) is 5.78 Å². The Bertz CT molecular complexity index is 523. The third-order valence-electron chi connectivity index (χ3n) is 2.88. The smallest absolute Gasteiger partial charge is 0.164 e. The Hall–Kier alpha value is -1.33. The first-order valence-electron chi connectivity index (χ1n) is 5.36. The van der Waals surface area contributed by atoms with Crippen LogP contribution >= 0.6 is 7.53 Å². The van der Waals surface area contributed by atoms with Crippen molar-refractivity contribution in [1.29, 1.82) is 0 Å². The Kier molecular flexibility index (Phi) is 2.98. The van der Waals surface area contributed by atoms with Crippen LogP contribution in [0, 0.1) is 13.8 Å². The fourth-order valence-corrected chi connectivity index (χ4v) is 4.44. The van der Waals surface area contributed by atoms with Crippen LogP contribution in [0.2, 0.25) is 0 Å². The monoisotopic (exact) mass is 230 g/mol. The van der Waals surface area contributed by atoms with E-state index in [-0.39, 0.29) is 5.78 Å². The standard InChI is InChI=1S/C14H15OP/c1-10-9-16(13-7-5-4-6-8-13)14(11(10)2)12(3)15/h4-9H,1-3H3. The number of ketones is 1. The zero-order valence-electron chi connectivity index (χ0n) is 9.82. The molecule has 0 aliphatic carbocycles. The van der Waals surface area contributed by atoms with Gasteiger partial charge in [-0.1, -0.05) is 37.9 Å². The van der Waals surface area contributed by atoms with E-state index in [1.807, 2.05) is 25.1 Å². The van der Waals surface area contributed by atoms with Crippen LogP contribution < -0.4 is 0 Å². The fourth-order valence-electron chi connectivity index (χ4n) is 1.95. The predicted molar refractivity (Wildman–Crippen MR) is 70.0 cm³/mol. The molecular weight excluding hydrogens is 215 g/mol. The molecule has 82 valence electrons. The Labute approximate surface area is 97.2 Å². The van der Waals surface area contributed by atoms with Crippen molar-refractivity contribution in [1.82, 2.24) is 0 Å². The van der Waals surface area contributed by atoms with E-state index in [2.05, 4.69) is 24.9 Å². The van der Waals surface area contributed by atoms with Crippen molar-refractivity contribution in [3.05, 3.63) is 52.6 Å². The van der Waals surface area contributed by atoms with Crippen LogP contribution in [-0.2, 0) is 0 Å². The minimum Gasteiger partial charge on any atom is -0.294 e. The van der Waals surface area contributed by atoms with E-state index < -0.39 is 7.53 Å². The zero-order valence-corrected chi connectivity index (χ0v) is 10.7. The molecule has 2 aromatic rings. The van der Waals surface area contributed by atoms with Gasteiger partial charge >= 0.3 is 0 Å². The molecule has 1 atom stereocenters. The Balaban J connectivity index is 2.66. The Morgan fingerprint density at radius 2 is 1.75 bits per heavy atom. The molecule has 0 saturated heterocycles. The molecule has 1 heterocycles. The van der Waals surface area contributed by atoms with Crippen molar-refractivity contribution in [3.8, 4) is 5.30 Å². The van der Waals surface area contributed by atoms with Crippen molar-refractivity contribution in [2.45, 2.75) is 20.8 Å². The van der Waals surface area contributed by atoms with Crippen LogP contribution in [0.4, 0.5) is 0 Å². The molecule has 1 nitrogen and oxygen atoms in total. The number of aryl methyl sites for hydroxylation is 1. The van der Waals surface area contributed by atoms with Crippen LogP contribution in [0.3, 0.4) is 0 Å². The maximum absolute atomic E-state index is 11.7. The lowest BCUT2D eigenvalue weighted by atomic mass is 10.1. The summed E-state index contributed by atoms with van der Waals surface area (Å²) in [5.74, 6) is 2.46. The Morgan fingerprint density at radius 1 is 1.12 bits per heavy atom. The molecule has 16 heavy (non-hydrogen) atoms. The van der Waals surface area contributed by atoms with E-state index in [1.54, 1.807) is 6.92 Å². The van der Waals surface area contributed by atoms with Gasteiger partial charge in [-0.25, -0.2) is 0 Å². The van der Waals surface area contributed by atoms with Crippen LogP contribution in [0.15, 0.2) is 36.1 Å². The number of hydrogen-bond donors (Lipinski definition) is 0. The van der Waals surface area contributed by atoms with Gasteiger partial charge in [0, 0.05) is 5.30 Å². The van der Waals surface area contributed by atoms with Crippen molar-refractivity contribution < 1.29 is 4.79 Å². The lowest BCUT2D eigenvalue weighted by Gasteiger charge is -2.03. The van der Waals surface area contributed by atoms with Crippen LogP contribution in [0.5, 0.6) is 0 Å². The van der Waals surface area contributed by atoms with Gasteiger partial charge in [0.15, 0.2) is 5.78 Å². The molecule has 0 saturated carbocycles. The molecule has 2 rings (SSSR count). The highest BCUT2D eigenvalue weighted by atomic mass is 31.1. The number of carbonyl (C=O) groups excluding carboxylic acids is 1. The maximum Gasteiger partial charge on any atom is 0.164 e. The molecule has 2 heteroatoms. The van der Waals surface area contributed by atoms with Gasteiger partial charge in [0.2, 0.25) is 0 Å². The second kappa shape index (κ2) is 4.27. The summed E-state index contributed by atoms with van der Waals surface area (Å²) in [4.78, 5) is 11.7. The SMILES string of the molecule is CC(=O)c1c(C)c(C)cp1-c1ccccc1. The topological polar surface area (TPSA) is 17.1 Å². The molecule has 0 N–H and O–H groups in total. The third-order valence-corrected chi connectivity index (χ3v) is 5.51. The van der Waals surface area contributed by atoms with Gasteiger partial charge in [0.25, 0.3) is 0 Å². The summed E-state index contributed by atoms with van der Waals surface area (Å²) in [5.41, 5.74) is 2.42. The van der Waals surface area contributed by atoms with Gasteiger partial charge in [-0.3, -0.25) is 4.79 Å². The van der Waals surface area contributed by atoms with Gasteiger partial charge in [0.1, 0.15) is 0 Å². The van der Waals surface area contributed by atoms with E-state index in [1.165, 1.54) is 16.4 Å². The lowest BCUT2D eigenvalue weighted by molar-refractivity contribution is 0.102. The van der Waals surface area contributed by atoms with Gasteiger partial charge in [-0.05, 0) is 43.0 Å². The van der Waals surface area contributed by atoms with E-state index in [4.69, 9.17) is 0 Å². The quantitative estimate of drug-likeness (QED) is 0.695. The molecule has 0 fully saturated rings. The molecule has 1 aromatic carbocycles. The third kappa shape index (κ3) is 1.83. The summed E-state index contributed by atoms with van der Waals surface area (Å²) in [6.07, 6.45) is 0. The number of benzene rings is 1. The first-order chi connectivity index (χ1) is 7.61. The lowest BCUT2D eigenvalue weighted by Crippen LogP contribution is -1.91. The summed E-state index contributed by atoms with van der Waals surface area (Å²) in [5, 5.41) is 2.28. The summed E-state index contributed by atoms with van der Waals surface area (Å²) in [6.45, 7) is 5.81. The average molecular weight is 230 g/mol. The molecule has 0 radical (unpaired) electrons. The van der Waals surface area contributed by atoms with Gasteiger partial charge in [0.05, 0.1) is 0 Å². The number of hydrogen-bond acceptors (Lipinski definition) is 1. The summed E-state index contributed by atoms with van der Waals surface area (Å²) in [7, 11) is -0.554. The molecular formula is C14H15OP. The molecule has 1 unspecified atom stereocenters. The first kappa shape index (κ1) is 11.2. The van der Waals surface area contributed by atoms with Crippen molar-refractivity contribution in [2.75, 3.05) is 0 Å². The minimum atomic E-state index is -0.554. The second-order valence-electron chi connectivity index (χ2n) is 4.05. The second-order valence-corrected chi connectivity index (χ2v) is 6.01. The normalized spacial score (nSPS) is 11.6. The van der Waals surface area contributed by atoms with Crippen LogP contribution in [0.1, 0.15) is 28.1 Å².